The number of hydrogen-bond acceptors (Lipinski definition) is 6. The van der Waals surface area contributed by atoms with E-state index in [9.17, 15) is 9.59 Å². The molecule has 1 N–H and O–H groups in total. The minimum absolute atomic E-state index is 0.246. The van der Waals surface area contributed by atoms with Crippen LogP contribution in [0.2, 0.25) is 0 Å². The Kier molecular flexibility index (Phi) is 9.86. The molecule has 0 unspecified atom stereocenters. The summed E-state index contributed by atoms with van der Waals surface area (Å²) in [6.45, 7) is 4.65. The number of halogens is 2. The molecular weight excluding hydrogens is 777 g/mol. The van der Waals surface area contributed by atoms with E-state index in [4.69, 9.17) is 14.5 Å². The zero-order chi connectivity index (χ0) is 32.2. The van der Waals surface area contributed by atoms with Gasteiger partial charge in [-0.3, -0.25) is 14.2 Å². The molecule has 0 aliphatic carbocycles. The average molecular weight is 807 g/mol. The Bertz CT molecular complexity index is 2110. The van der Waals surface area contributed by atoms with Crippen molar-refractivity contribution in [2.24, 2.45) is 4.99 Å². The van der Waals surface area contributed by atoms with Crippen LogP contribution < -0.4 is 29.7 Å². The Hall–Kier alpha value is -4.00. The van der Waals surface area contributed by atoms with Gasteiger partial charge < -0.3 is 14.8 Å². The molecule has 2 heterocycles. The van der Waals surface area contributed by atoms with Crippen molar-refractivity contribution >= 4 is 67.5 Å². The summed E-state index contributed by atoms with van der Waals surface area (Å²) in [5.41, 5.74) is 3.92. The number of allylic oxidation sites excluding steroid dienone is 1. The molecule has 0 saturated heterocycles. The predicted molar refractivity (Wildman–Crippen MR) is 194 cm³/mol. The monoisotopic (exact) mass is 805 g/mol. The van der Waals surface area contributed by atoms with Gasteiger partial charge in [-0.2, -0.15) is 0 Å². The fourth-order valence-electron chi connectivity index (χ4n) is 5.27. The Morgan fingerprint density at radius 2 is 1.72 bits per heavy atom. The van der Waals surface area contributed by atoms with Gasteiger partial charge in [0.15, 0.2) is 4.80 Å². The average Bonchev–Trinajstić information content (AvgIpc) is 3.35. The van der Waals surface area contributed by atoms with E-state index < -0.39 is 6.04 Å². The Balaban J connectivity index is 1.46. The molecule has 5 aromatic rings. The topological polar surface area (TPSA) is 81.9 Å². The smallest absolute Gasteiger partial charge is 0.271 e. The normalized spacial score (nSPS) is 14.4. The number of thiazole rings is 1. The van der Waals surface area contributed by atoms with Crippen molar-refractivity contribution in [2.75, 3.05) is 11.9 Å². The largest absolute Gasteiger partial charge is 0.494 e. The summed E-state index contributed by atoms with van der Waals surface area (Å²) in [6, 6.07) is 29.9. The van der Waals surface area contributed by atoms with E-state index in [1.54, 1.807) is 4.57 Å². The van der Waals surface area contributed by atoms with E-state index in [1.807, 2.05) is 117 Å². The highest BCUT2D eigenvalue weighted by Crippen LogP contribution is 2.33. The van der Waals surface area contributed by atoms with Crippen LogP contribution in [0.5, 0.6) is 11.5 Å². The number of para-hydroxylation sites is 1. The van der Waals surface area contributed by atoms with Crippen molar-refractivity contribution in [1.82, 2.24) is 4.57 Å². The molecule has 46 heavy (non-hydrogen) atoms. The third kappa shape index (κ3) is 6.89. The summed E-state index contributed by atoms with van der Waals surface area (Å²) in [7, 11) is 0. The molecule has 232 valence electrons. The highest BCUT2D eigenvalue weighted by molar-refractivity contribution is 14.1. The number of rotatable bonds is 9. The van der Waals surface area contributed by atoms with Crippen LogP contribution in [-0.2, 0) is 11.4 Å². The van der Waals surface area contributed by atoms with Crippen LogP contribution in [0.25, 0.3) is 6.08 Å². The lowest BCUT2D eigenvalue weighted by atomic mass is 9.95. The Morgan fingerprint density at radius 3 is 2.41 bits per heavy atom. The van der Waals surface area contributed by atoms with Gasteiger partial charge in [0, 0.05) is 15.7 Å². The third-order valence-corrected chi connectivity index (χ3v) is 9.60. The highest BCUT2D eigenvalue weighted by atomic mass is 127. The molecule has 0 saturated carbocycles. The van der Waals surface area contributed by atoms with Crippen molar-refractivity contribution in [2.45, 2.75) is 26.5 Å². The van der Waals surface area contributed by atoms with Gasteiger partial charge in [0.25, 0.3) is 11.5 Å². The third-order valence-electron chi connectivity index (χ3n) is 7.35. The van der Waals surface area contributed by atoms with E-state index in [1.165, 1.54) is 11.3 Å². The second-order valence-electron chi connectivity index (χ2n) is 10.5. The number of fused-ring (bicyclic) bond motifs is 1. The number of hydrogen-bond donors (Lipinski definition) is 1. The maximum absolute atomic E-state index is 14.3. The predicted octanol–water partition coefficient (Wildman–Crippen LogP) is 7.22. The van der Waals surface area contributed by atoms with Crippen molar-refractivity contribution < 1.29 is 14.3 Å². The highest BCUT2D eigenvalue weighted by Gasteiger charge is 2.32. The van der Waals surface area contributed by atoms with E-state index in [2.05, 4.69) is 43.8 Å². The van der Waals surface area contributed by atoms with Crippen LogP contribution in [0.4, 0.5) is 5.69 Å². The van der Waals surface area contributed by atoms with Crippen molar-refractivity contribution in [1.29, 1.82) is 0 Å². The summed E-state index contributed by atoms with van der Waals surface area (Å²) < 4.78 is 15.8. The number of benzene rings is 4. The molecular formula is C36H29BrIN3O4S. The first kappa shape index (κ1) is 32.0. The lowest BCUT2D eigenvalue weighted by Crippen LogP contribution is -2.40. The van der Waals surface area contributed by atoms with Gasteiger partial charge in [0.05, 0.1) is 32.0 Å². The molecule has 1 aromatic heterocycles. The summed E-state index contributed by atoms with van der Waals surface area (Å²) in [5.74, 6) is 1.07. The Morgan fingerprint density at radius 1 is 1.02 bits per heavy atom. The van der Waals surface area contributed by atoms with Gasteiger partial charge in [0.2, 0.25) is 0 Å². The van der Waals surface area contributed by atoms with Gasteiger partial charge in [-0.1, -0.05) is 87.9 Å². The number of carbonyl (C=O) groups excluding carboxylic acids is 1. The minimum atomic E-state index is -0.700. The second kappa shape index (κ2) is 14.2. The number of aromatic nitrogens is 1. The van der Waals surface area contributed by atoms with Crippen LogP contribution in [0, 0.1) is 3.57 Å². The first-order chi connectivity index (χ1) is 22.3. The number of amides is 1. The standard InChI is InChI=1S/C36H29BrIN3O4S/c1-3-44-28-16-14-24(15-17-28)32-31(34(42)40-27-12-8-5-9-13-27)22(2)39-36-41(32)35(43)30(46-36)19-25-18-26(37)20-29(38)33(25)45-21-23-10-6-4-7-11-23/h4-20,32H,3,21H2,1-2H3,(H,40,42)/b30-19-/t32-/m1/s1. The number of ether oxygens (including phenoxy) is 2. The number of carbonyl (C=O) groups is 1. The molecule has 1 aliphatic rings. The van der Waals surface area contributed by atoms with Crippen molar-refractivity contribution in [3.05, 3.63) is 153 Å². The van der Waals surface area contributed by atoms with Crippen LogP contribution in [0.15, 0.2) is 123 Å². The molecule has 6 rings (SSSR count). The number of anilines is 1. The molecule has 7 nitrogen and oxygen atoms in total. The number of nitrogens with one attached hydrogen (secondary N) is 1. The summed E-state index contributed by atoms with van der Waals surface area (Å²) in [4.78, 5) is 33.5. The first-order valence-corrected chi connectivity index (χ1v) is 17.3. The number of nitrogens with zero attached hydrogens (tertiary/aromatic N) is 2. The van der Waals surface area contributed by atoms with Crippen LogP contribution in [0.3, 0.4) is 0 Å². The van der Waals surface area contributed by atoms with Crippen LogP contribution >= 0.6 is 49.9 Å². The molecule has 4 aromatic carbocycles. The maximum Gasteiger partial charge on any atom is 0.271 e. The molecule has 1 amide bonds. The fourth-order valence-corrected chi connectivity index (χ4v) is 8.01. The summed E-state index contributed by atoms with van der Waals surface area (Å²) >= 11 is 7.14. The fraction of sp³-hybridized carbons (Fsp3) is 0.139. The van der Waals surface area contributed by atoms with Crippen LogP contribution in [-0.4, -0.2) is 17.1 Å². The van der Waals surface area contributed by atoms with Gasteiger partial charge in [-0.25, -0.2) is 4.99 Å². The second-order valence-corrected chi connectivity index (χ2v) is 13.6. The van der Waals surface area contributed by atoms with E-state index in [-0.39, 0.29) is 11.5 Å². The molecule has 1 atom stereocenters. The van der Waals surface area contributed by atoms with Crippen molar-refractivity contribution in [3.63, 3.8) is 0 Å². The molecule has 0 spiro atoms. The van der Waals surface area contributed by atoms with E-state index >= 15 is 0 Å². The van der Waals surface area contributed by atoms with Crippen molar-refractivity contribution in [3.8, 4) is 11.5 Å². The summed E-state index contributed by atoms with van der Waals surface area (Å²) in [6.07, 6.45) is 1.84. The van der Waals surface area contributed by atoms with E-state index in [0.717, 1.165) is 24.7 Å². The molecule has 10 heteroatoms. The van der Waals surface area contributed by atoms with Gasteiger partial charge >= 0.3 is 0 Å². The zero-order valence-corrected chi connectivity index (χ0v) is 29.6. The maximum atomic E-state index is 14.3. The lowest BCUT2D eigenvalue weighted by Gasteiger charge is -2.25. The Labute approximate surface area is 292 Å². The lowest BCUT2D eigenvalue weighted by molar-refractivity contribution is -0.113. The zero-order valence-electron chi connectivity index (χ0n) is 25.0. The van der Waals surface area contributed by atoms with Gasteiger partial charge in [-0.05, 0) is 90.0 Å². The molecule has 1 aliphatic heterocycles. The van der Waals surface area contributed by atoms with E-state index in [0.29, 0.717) is 51.0 Å². The SMILES string of the molecule is CCOc1ccc([C@@H]2C(C(=O)Nc3ccccc3)=C(C)N=c3s/c(=C\c4cc(Br)cc(I)c4OCc4ccccc4)c(=O)n32)cc1. The quantitative estimate of drug-likeness (QED) is 0.160. The molecule has 0 fully saturated rings. The molecule has 0 radical (unpaired) electrons. The van der Waals surface area contributed by atoms with Gasteiger partial charge in [-0.15, -0.1) is 0 Å². The van der Waals surface area contributed by atoms with Gasteiger partial charge in [0.1, 0.15) is 18.1 Å². The summed E-state index contributed by atoms with van der Waals surface area (Å²) in [5, 5.41) is 2.99. The first-order valence-electron chi connectivity index (χ1n) is 14.6. The molecule has 0 bridgehead atoms. The van der Waals surface area contributed by atoms with Crippen LogP contribution in [0.1, 0.15) is 36.6 Å². The minimum Gasteiger partial charge on any atom is -0.494 e.